The lowest BCUT2D eigenvalue weighted by molar-refractivity contribution is 0.0699. The Hall–Kier alpha value is -1.76. The minimum atomic E-state index is -3.60. The van der Waals surface area contributed by atoms with Crippen molar-refractivity contribution in [2.24, 2.45) is 0 Å². The lowest BCUT2D eigenvalue weighted by atomic mass is 10.1. The molecule has 25 heavy (non-hydrogen) atoms. The molecule has 2 unspecified atom stereocenters. The third-order valence-corrected chi connectivity index (χ3v) is 6.57. The average Bonchev–Trinajstić information content (AvgIpc) is 2.59. The van der Waals surface area contributed by atoms with Crippen molar-refractivity contribution in [3.8, 4) is 0 Å². The second kappa shape index (κ2) is 7.23. The van der Waals surface area contributed by atoms with E-state index in [2.05, 4.69) is 17.0 Å². The van der Waals surface area contributed by atoms with Crippen molar-refractivity contribution in [1.82, 2.24) is 9.21 Å². The minimum absolute atomic E-state index is 0.0965. The Kier molecular flexibility index (Phi) is 5.22. The fourth-order valence-corrected chi connectivity index (χ4v) is 4.97. The van der Waals surface area contributed by atoms with E-state index in [1.165, 1.54) is 34.1 Å². The van der Waals surface area contributed by atoms with Crippen molar-refractivity contribution in [3.05, 3.63) is 66.0 Å². The Bertz CT molecular complexity index is 797. The molecular formula is C19H23FN2O2S. The molecule has 134 valence electrons. The van der Waals surface area contributed by atoms with E-state index in [-0.39, 0.29) is 17.0 Å². The van der Waals surface area contributed by atoms with Crippen molar-refractivity contribution in [3.63, 3.8) is 0 Å². The fraction of sp³-hybridized carbons (Fsp3) is 0.368. The number of benzene rings is 2. The maximum absolute atomic E-state index is 13.1. The molecule has 0 bridgehead atoms. The molecule has 3 rings (SSSR count). The molecule has 2 atom stereocenters. The molecule has 2 aromatic carbocycles. The third-order valence-electron chi connectivity index (χ3n) is 4.73. The summed E-state index contributed by atoms with van der Waals surface area (Å²) < 4.78 is 40.3. The van der Waals surface area contributed by atoms with Crippen LogP contribution in [0.5, 0.6) is 0 Å². The zero-order valence-corrected chi connectivity index (χ0v) is 15.3. The molecule has 1 aliphatic rings. The maximum Gasteiger partial charge on any atom is 0.243 e. The molecule has 1 aliphatic heterocycles. The third kappa shape index (κ3) is 3.92. The zero-order valence-electron chi connectivity index (χ0n) is 14.5. The Morgan fingerprint density at radius 2 is 1.52 bits per heavy atom. The molecule has 0 aromatic heterocycles. The summed E-state index contributed by atoms with van der Waals surface area (Å²) in [4.78, 5) is 2.47. The molecule has 1 heterocycles. The van der Waals surface area contributed by atoms with Gasteiger partial charge in [0, 0.05) is 31.7 Å². The summed E-state index contributed by atoms with van der Waals surface area (Å²) in [5, 5.41) is 0. The average molecular weight is 362 g/mol. The maximum atomic E-state index is 13.1. The van der Waals surface area contributed by atoms with Crippen LogP contribution in [-0.4, -0.2) is 42.8 Å². The van der Waals surface area contributed by atoms with Gasteiger partial charge in [-0.15, -0.1) is 0 Å². The second-order valence-electron chi connectivity index (χ2n) is 6.63. The van der Waals surface area contributed by atoms with Gasteiger partial charge in [0.2, 0.25) is 10.0 Å². The highest BCUT2D eigenvalue weighted by Gasteiger charge is 2.35. The first kappa shape index (κ1) is 18.0. The first-order valence-electron chi connectivity index (χ1n) is 8.43. The summed E-state index contributed by atoms with van der Waals surface area (Å²) in [6.45, 7) is 5.75. The Morgan fingerprint density at radius 1 is 0.960 bits per heavy atom. The molecule has 4 nitrogen and oxygen atoms in total. The normalized spacial score (nSPS) is 22.8. The van der Waals surface area contributed by atoms with Crippen LogP contribution in [0.3, 0.4) is 0 Å². The number of rotatable bonds is 4. The van der Waals surface area contributed by atoms with Crippen LogP contribution in [0.1, 0.15) is 19.4 Å². The van der Waals surface area contributed by atoms with Crippen molar-refractivity contribution >= 4 is 10.0 Å². The van der Waals surface area contributed by atoms with Crippen LogP contribution in [0, 0.1) is 5.82 Å². The van der Waals surface area contributed by atoms with Gasteiger partial charge in [-0.25, -0.2) is 12.8 Å². The summed E-state index contributed by atoms with van der Waals surface area (Å²) in [6.07, 6.45) is 0. The molecule has 1 saturated heterocycles. The van der Waals surface area contributed by atoms with Gasteiger partial charge in [0.05, 0.1) is 4.90 Å². The molecule has 0 amide bonds. The van der Waals surface area contributed by atoms with Gasteiger partial charge in [-0.05, 0) is 43.7 Å². The zero-order chi connectivity index (χ0) is 18.0. The summed E-state index contributed by atoms with van der Waals surface area (Å²) in [5.74, 6) is -0.437. The highest BCUT2D eigenvalue weighted by atomic mass is 32.2. The van der Waals surface area contributed by atoms with Crippen LogP contribution in [0.4, 0.5) is 4.39 Å². The van der Waals surface area contributed by atoms with Crippen molar-refractivity contribution in [2.45, 2.75) is 37.4 Å². The van der Waals surface area contributed by atoms with Gasteiger partial charge in [0.25, 0.3) is 0 Å². The summed E-state index contributed by atoms with van der Waals surface area (Å²) in [5.41, 5.74) is 1.22. The van der Waals surface area contributed by atoms with Crippen molar-refractivity contribution in [2.75, 3.05) is 13.1 Å². The van der Waals surface area contributed by atoms with Gasteiger partial charge >= 0.3 is 0 Å². The van der Waals surface area contributed by atoms with E-state index in [0.29, 0.717) is 13.1 Å². The van der Waals surface area contributed by atoms with Crippen molar-refractivity contribution < 1.29 is 12.8 Å². The Labute approximate surface area is 148 Å². The Balaban J connectivity index is 1.76. The second-order valence-corrected chi connectivity index (χ2v) is 8.57. The van der Waals surface area contributed by atoms with E-state index in [1.807, 2.05) is 32.0 Å². The van der Waals surface area contributed by atoms with Gasteiger partial charge in [-0.2, -0.15) is 4.31 Å². The van der Waals surface area contributed by atoms with Crippen LogP contribution in [0.15, 0.2) is 59.5 Å². The number of hydrogen-bond donors (Lipinski definition) is 0. The van der Waals surface area contributed by atoms with E-state index < -0.39 is 15.8 Å². The number of halogens is 1. The van der Waals surface area contributed by atoms with Crippen LogP contribution in [0.25, 0.3) is 0 Å². The number of sulfonamides is 1. The van der Waals surface area contributed by atoms with Gasteiger partial charge in [-0.3, -0.25) is 4.90 Å². The molecule has 0 radical (unpaired) electrons. The topological polar surface area (TPSA) is 40.6 Å². The van der Waals surface area contributed by atoms with Crippen LogP contribution in [-0.2, 0) is 16.6 Å². The molecular weight excluding hydrogens is 339 g/mol. The van der Waals surface area contributed by atoms with E-state index >= 15 is 0 Å². The standard InChI is InChI=1S/C19H23FN2O2S/c1-15-12-21(25(23,24)19-10-8-18(20)9-11-19)13-16(2)22(15)14-17-6-4-3-5-7-17/h3-11,15-16H,12-14H2,1-2H3. The lowest BCUT2D eigenvalue weighted by Crippen LogP contribution is -2.57. The largest absolute Gasteiger partial charge is 0.291 e. The molecule has 2 aromatic rings. The number of hydrogen-bond acceptors (Lipinski definition) is 3. The van der Waals surface area contributed by atoms with Crippen LogP contribution < -0.4 is 0 Å². The highest BCUT2D eigenvalue weighted by molar-refractivity contribution is 7.89. The molecule has 0 spiro atoms. The number of nitrogens with zero attached hydrogens (tertiary/aromatic N) is 2. The lowest BCUT2D eigenvalue weighted by Gasteiger charge is -2.43. The number of piperazine rings is 1. The predicted molar refractivity (Wildman–Crippen MR) is 96.1 cm³/mol. The van der Waals surface area contributed by atoms with Crippen LogP contribution >= 0.6 is 0 Å². The first-order chi connectivity index (χ1) is 11.9. The van der Waals surface area contributed by atoms with Gasteiger partial charge < -0.3 is 0 Å². The van der Waals surface area contributed by atoms with Gasteiger partial charge in [0.15, 0.2) is 0 Å². The SMILES string of the molecule is CC1CN(S(=O)(=O)c2ccc(F)cc2)CC(C)N1Cc1ccccc1. The van der Waals surface area contributed by atoms with Crippen LogP contribution in [0.2, 0.25) is 0 Å². The van der Waals surface area contributed by atoms with E-state index in [9.17, 15) is 12.8 Å². The molecule has 6 heteroatoms. The molecule has 0 N–H and O–H groups in total. The highest BCUT2D eigenvalue weighted by Crippen LogP contribution is 2.24. The predicted octanol–water partition coefficient (Wildman–Crippen LogP) is 3.11. The van der Waals surface area contributed by atoms with Crippen molar-refractivity contribution in [1.29, 1.82) is 0 Å². The minimum Gasteiger partial charge on any atom is -0.291 e. The first-order valence-corrected chi connectivity index (χ1v) is 9.87. The summed E-state index contributed by atoms with van der Waals surface area (Å²) >= 11 is 0. The van der Waals surface area contributed by atoms with E-state index in [4.69, 9.17) is 0 Å². The quantitative estimate of drug-likeness (QED) is 0.839. The smallest absolute Gasteiger partial charge is 0.243 e. The summed E-state index contributed by atoms with van der Waals surface area (Å²) in [6, 6.07) is 15.4. The monoisotopic (exact) mass is 362 g/mol. The van der Waals surface area contributed by atoms with E-state index in [0.717, 1.165) is 6.54 Å². The van der Waals surface area contributed by atoms with Gasteiger partial charge in [0.1, 0.15) is 5.82 Å². The van der Waals surface area contributed by atoms with Gasteiger partial charge in [-0.1, -0.05) is 30.3 Å². The van der Waals surface area contributed by atoms with E-state index in [1.54, 1.807) is 0 Å². The Morgan fingerprint density at radius 3 is 2.08 bits per heavy atom. The molecule has 1 fully saturated rings. The fourth-order valence-electron chi connectivity index (χ4n) is 3.37. The molecule has 0 saturated carbocycles. The summed E-state index contributed by atoms with van der Waals surface area (Å²) in [7, 11) is -3.60. The molecule has 0 aliphatic carbocycles.